The van der Waals surface area contributed by atoms with Crippen molar-refractivity contribution in [3.63, 3.8) is 0 Å². The Bertz CT molecular complexity index is 562. The summed E-state index contributed by atoms with van der Waals surface area (Å²) in [6.45, 7) is 2.48. The van der Waals surface area contributed by atoms with E-state index in [-0.39, 0.29) is 5.91 Å². The molecule has 18 heavy (non-hydrogen) atoms. The maximum atomic E-state index is 12.2. The molecule has 4 heteroatoms. The second kappa shape index (κ2) is 5.23. The van der Waals surface area contributed by atoms with E-state index in [9.17, 15) is 4.79 Å². The molecule has 0 radical (unpaired) electrons. The van der Waals surface area contributed by atoms with Crippen LogP contribution in [-0.2, 0) is 6.54 Å². The Kier molecular flexibility index (Phi) is 3.67. The first-order valence-corrected chi connectivity index (χ1v) is 6.65. The smallest absolute Gasteiger partial charge is 0.255 e. The van der Waals surface area contributed by atoms with Crippen LogP contribution in [0, 0.1) is 6.92 Å². The molecule has 0 bridgehead atoms. The van der Waals surface area contributed by atoms with Crippen molar-refractivity contribution in [3.8, 4) is 0 Å². The Balaban J connectivity index is 2.14. The van der Waals surface area contributed by atoms with Gasteiger partial charge in [0.1, 0.15) is 0 Å². The van der Waals surface area contributed by atoms with Gasteiger partial charge in [-0.3, -0.25) is 4.79 Å². The van der Waals surface area contributed by atoms with Crippen molar-refractivity contribution in [2.24, 2.45) is 0 Å². The third-order valence-corrected chi connectivity index (χ3v) is 3.76. The Hall–Kier alpha value is -1.81. The lowest BCUT2D eigenvalue weighted by atomic mass is 10.1. The van der Waals surface area contributed by atoms with Gasteiger partial charge in [-0.05, 0) is 29.5 Å². The summed E-state index contributed by atoms with van der Waals surface area (Å²) in [5.74, 6) is 0.0389. The summed E-state index contributed by atoms with van der Waals surface area (Å²) in [4.78, 5) is 13.9. The quantitative estimate of drug-likeness (QED) is 0.862. The lowest BCUT2D eigenvalue weighted by Gasteiger charge is -2.18. The summed E-state index contributed by atoms with van der Waals surface area (Å²) in [6, 6.07) is 7.62. The van der Waals surface area contributed by atoms with Gasteiger partial charge in [0, 0.05) is 24.7 Å². The number of rotatable bonds is 3. The van der Waals surface area contributed by atoms with E-state index in [1.165, 1.54) is 0 Å². The highest BCUT2D eigenvalue weighted by Gasteiger charge is 2.15. The number of nitrogens with two attached hydrogens (primary N) is 1. The van der Waals surface area contributed by atoms with Gasteiger partial charge in [0.25, 0.3) is 5.91 Å². The topological polar surface area (TPSA) is 46.3 Å². The van der Waals surface area contributed by atoms with E-state index >= 15 is 0 Å². The predicted molar refractivity (Wildman–Crippen MR) is 75.7 cm³/mol. The third kappa shape index (κ3) is 2.54. The molecule has 0 unspecified atom stereocenters. The zero-order chi connectivity index (χ0) is 13.1. The molecule has 0 aliphatic carbocycles. The van der Waals surface area contributed by atoms with Crippen molar-refractivity contribution in [2.75, 3.05) is 12.8 Å². The van der Waals surface area contributed by atoms with Gasteiger partial charge in [-0.1, -0.05) is 18.2 Å². The Morgan fingerprint density at radius 2 is 2.06 bits per heavy atom. The summed E-state index contributed by atoms with van der Waals surface area (Å²) in [7, 11) is 1.80. The highest BCUT2D eigenvalue weighted by Crippen LogP contribution is 2.18. The van der Waals surface area contributed by atoms with Crippen LogP contribution in [0.15, 0.2) is 35.0 Å². The molecule has 0 fully saturated rings. The van der Waals surface area contributed by atoms with Crippen LogP contribution in [0.2, 0.25) is 0 Å². The van der Waals surface area contributed by atoms with Gasteiger partial charge < -0.3 is 10.6 Å². The zero-order valence-electron chi connectivity index (χ0n) is 10.5. The molecule has 0 aliphatic heterocycles. The van der Waals surface area contributed by atoms with Gasteiger partial charge in [-0.2, -0.15) is 11.3 Å². The number of anilines is 1. The minimum Gasteiger partial charge on any atom is -0.398 e. The first kappa shape index (κ1) is 12.6. The van der Waals surface area contributed by atoms with Crippen LogP contribution < -0.4 is 5.73 Å². The molecule has 0 spiro atoms. The van der Waals surface area contributed by atoms with Crippen molar-refractivity contribution in [2.45, 2.75) is 13.5 Å². The molecular weight excluding hydrogens is 244 g/mol. The average Bonchev–Trinajstić information content (AvgIpc) is 2.77. The number of benzene rings is 1. The second-order valence-corrected chi connectivity index (χ2v) is 5.07. The van der Waals surface area contributed by atoms with Gasteiger partial charge in [-0.25, -0.2) is 0 Å². The maximum Gasteiger partial charge on any atom is 0.255 e. The molecule has 1 aromatic carbocycles. The molecule has 1 heterocycles. The summed E-state index contributed by atoms with van der Waals surface area (Å²) in [5.41, 5.74) is 9.38. The largest absolute Gasteiger partial charge is 0.398 e. The Morgan fingerprint density at radius 3 is 2.67 bits per heavy atom. The van der Waals surface area contributed by atoms with Gasteiger partial charge in [-0.15, -0.1) is 0 Å². The van der Waals surface area contributed by atoms with Crippen molar-refractivity contribution in [3.05, 3.63) is 51.7 Å². The molecule has 1 amide bonds. The normalized spacial score (nSPS) is 10.3. The van der Waals surface area contributed by atoms with E-state index in [4.69, 9.17) is 5.73 Å². The molecule has 0 saturated carbocycles. The van der Waals surface area contributed by atoms with Gasteiger partial charge in [0.2, 0.25) is 0 Å². The van der Waals surface area contributed by atoms with Crippen molar-refractivity contribution >= 4 is 22.9 Å². The molecule has 94 valence electrons. The Morgan fingerprint density at radius 1 is 1.33 bits per heavy atom. The van der Waals surface area contributed by atoms with E-state index in [2.05, 4.69) is 0 Å². The lowest BCUT2D eigenvalue weighted by Crippen LogP contribution is -2.26. The maximum absolute atomic E-state index is 12.2. The van der Waals surface area contributed by atoms with Crippen LogP contribution >= 0.6 is 11.3 Å². The summed E-state index contributed by atoms with van der Waals surface area (Å²) in [6.07, 6.45) is 0. The minimum atomic E-state index is 0.0389. The van der Waals surface area contributed by atoms with E-state index in [0.29, 0.717) is 6.54 Å². The van der Waals surface area contributed by atoms with Gasteiger partial charge in [0.15, 0.2) is 0 Å². The fraction of sp³-hybridized carbons (Fsp3) is 0.214. The fourth-order valence-electron chi connectivity index (χ4n) is 1.79. The number of thiophene rings is 1. The first-order valence-electron chi connectivity index (χ1n) is 5.71. The van der Waals surface area contributed by atoms with Crippen molar-refractivity contribution < 1.29 is 4.79 Å². The highest BCUT2D eigenvalue weighted by molar-refractivity contribution is 7.08. The highest BCUT2D eigenvalue weighted by atomic mass is 32.1. The van der Waals surface area contributed by atoms with E-state index in [1.807, 2.05) is 41.9 Å². The van der Waals surface area contributed by atoms with Crippen LogP contribution in [0.5, 0.6) is 0 Å². The Labute approximate surface area is 111 Å². The number of hydrogen-bond acceptors (Lipinski definition) is 3. The summed E-state index contributed by atoms with van der Waals surface area (Å²) in [5, 5.41) is 3.88. The molecule has 2 aromatic rings. The van der Waals surface area contributed by atoms with Crippen molar-refractivity contribution in [1.29, 1.82) is 0 Å². The number of carbonyl (C=O) groups is 1. The van der Waals surface area contributed by atoms with Crippen LogP contribution in [0.4, 0.5) is 5.69 Å². The number of aryl methyl sites for hydroxylation is 1. The standard InChI is InChI=1S/C14H16N2OS/c1-10-8-18-9-12(10)14(17)16(2)7-11-5-3-4-6-13(11)15/h3-6,8-9H,7,15H2,1-2H3. The average molecular weight is 260 g/mol. The molecule has 1 aromatic heterocycles. The third-order valence-electron chi connectivity index (χ3n) is 2.90. The van der Waals surface area contributed by atoms with Crippen molar-refractivity contribution in [1.82, 2.24) is 4.90 Å². The second-order valence-electron chi connectivity index (χ2n) is 4.33. The molecule has 3 nitrogen and oxygen atoms in total. The van der Waals surface area contributed by atoms with Crippen LogP contribution in [0.25, 0.3) is 0 Å². The van der Waals surface area contributed by atoms with Crippen LogP contribution in [0.1, 0.15) is 21.5 Å². The number of para-hydroxylation sites is 1. The first-order chi connectivity index (χ1) is 8.59. The molecular formula is C14H16N2OS. The number of hydrogen-bond donors (Lipinski definition) is 1. The molecule has 2 rings (SSSR count). The monoisotopic (exact) mass is 260 g/mol. The lowest BCUT2D eigenvalue weighted by molar-refractivity contribution is 0.0785. The van der Waals surface area contributed by atoms with E-state index < -0.39 is 0 Å². The predicted octanol–water partition coefficient (Wildman–Crippen LogP) is 2.91. The molecule has 2 N–H and O–H groups in total. The molecule has 0 atom stereocenters. The number of nitrogen functional groups attached to an aromatic ring is 1. The number of amides is 1. The van der Waals surface area contributed by atoms with Gasteiger partial charge in [0.05, 0.1) is 5.56 Å². The SMILES string of the molecule is Cc1cscc1C(=O)N(C)Cc1ccccc1N. The van der Waals surface area contributed by atoms with E-state index in [1.54, 1.807) is 23.3 Å². The fourth-order valence-corrected chi connectivity index (χ4v) is 2.61. The summed E-state index contributed by atoms with van der Waals surface area (Å²) < 4.78 is 0. The van der Waals surface area contributed by atoms with Crippen LogP contribution in [-0.4, -0.2) is 17.9 Å². The number of carbonyl (C=O) groups excluding carboxylic acids is 1. The number of nitrogens with zero attached hydrogens (tertiary/aromatic N) is 1. The zero-order valence-corrected chi connectivity index (χ0v) is 11.3. The molecule has 0 aliphatic rings. The van der Waals surface area contributed by atoms with Crippen LogP contribution in [0.3, 0.4) is 0 Å². The molecule has 0 saturated heterocycles. The van der Waals surface area contributed by atoms with Gasteiger partial charge >= 0.3 is 0 Å². The minimum absolute atomic E-state index is 0.0389. The summed E-state index contributed by atoms with van der Waals surface area (Å²) >= 11 is 1.55. The van der Waals surface area contributed by atoms with E-state index in [0.717, 1.165) is 22.4 Å².